The van der Waals surface area contributed by atoms with Gasteiger partial charge < -0.3 is 18.8 Å². The van der Waals surface area contributed by atoms with Gasteiger partial charge in [-0.3, -0.25) is 4.79 Å². The van der Waals surface area contributed by atoms with Gasteiger partial charge in [-0.15, -0.1) is 0 Å². The van der Waals surface area contributed by atoms with Crippen molar-refractivity contribution in [3.63, 3.8) is 0 Å². The molecule has 0 N–H and O–H groups in total. The van der Waals surface area contributed by atoms with E-state index < -0.39 is 6.04 Å². The quantitative estimate of drug-likeness (QED) is 0.741. The maximum Gasteiger partial charge on any atom is 0.305 e. The summed E-state index contributed by atoms with van der Waals surface area (Å²) in [5.41, 5.74) is 4.55. The number of benzene rings is 1. The molecule has 0 saturated heterocycles. The summed E-state index contributed by atoms with van der Waals surface area (Å²) in [6.45, 7) is 1.85. The van der Waals surface area contributed by atoms with Crippen LogP contribution in [-0.4, -0.2) is 31.9 Å². The number of rotatable bonds is 5. The van der Waals surface area contributed by atoms with Crippen molar-refractivity contribution >= 4 is 5.97 Å². The van der Waals surface area contributed by atoms with Gasteiger partial charge in [-0.2, -0.15) is 10.5 Å². The molecular weight excluding hydrogens is 358 g/mol. The second-order valence-corrected chi connectivity index (χ2v) is 6.57. The van der Waals surface area contributed by atoms with Gasteiger partial charge in [0, 0.05) is 17.7 Å². The van der Waals surface area contributed by atoms with Crippen LogP contribution in [0.2, 0.25) is 0 Å². The lowest BCUT2D eigenvalue weighted by atomic mass is 9.92. The van der Waals surface area contributed by atoms with Gasteiger partial charge in [-0.25, -0.2) is 0 Å². The molecule has 1 aliphatic rings. The molecule has 0 spiro atoms. The van der Waals surface area contributed by atoms with E-state index in [2.05, 4.69) is 12.1 Å². The van der Waals surface area contributed by atoms with E-state index in [4.69, 9.17) is 14.2 Å². The number of methoxy groups -OCH3 is 3. The molecule has 0 saturated carbocycles. The normalized spacial score (nSPS) is 14.3. The predicted octanol–water partition coefficient (Wildman–Crippen LogP) is 3.08. The monoisotopic (exact) mass is 379 g/mol. The lowest BCUT2D eigenvalue weighted by Gasteiger charge is -2.27. The van der Waals surface area contributed by atoms with E-state index in [1.807, 2.05) is 23.6 Å². The minimum absolute atomic E-state index is 0.183. The van der Waals surface area contributed by atoms with Crippen LogP contribution in [0.5, 0.6) is 11.5 Å². The van der Waals surface area contributed by atoms with Crippen molar-refractivity contribution in [1.82, 2.24) is 4.57 Å². The van der Waals surface area contributed by atoms with E-state index in [-0.39, 0.29) is 12.4 Å². The molecule has 28 heavy (non-hydrogen) atoms. The van der Waals surface area contributed by atoms with Crippen LogP contribution in [-0.2, 0) is 22.4 Å². The fourth-order valence-corrected chi connectivity index (χ4v) is 3.85. The molecule has 0 bridgehead atoms. The average Bonchev–Trinajstić information content (AvgIpc) is 3.01. The summed E-state index contributed by atoms with van der Waals surface area (Å²) in [6, 6.07) is 7.85. The topological polar surface area (TPSA) is 97.3 Å². The Kier molecular flexibility index (Phi) is 5.28. The molecule has 1 unspecified atom stereocenters. The minimum Gasteiger partial charge on any atom is -0.493 e. The minimum atomic E-state index is -0.478. The third-order valence-corrected chi connectivity index (χ3v) is 5.22. The maximum atomic E-state index is 11.7. The molecule has 7 heteroatoms. The number of ether oxygens (including phenoxy) is 3. The van der Waals surface area contributed by atoms with Gasteiger partial charge in [0.05, 0.1) is 45.1 Å². The van der Waals surface area contributed by atoms with Crippen molar-refractivity contribution in [3.05, 3.63) is 34.5 Å². The van der Waals surface area contributed by atoms with Gasteiger partial charge in [0.25, 0.3) is 0 Å². The number of hydrogen-bond donors (Lipinski definition) is 0. The van der Waals surface area contributed by atoms with E-state index >= 15 is 0 Å². The predicted molar refractivity (Wildman–Crippen MR) is 101 cm³/mol. The maximum absolute atomic E-state index is 11.7. The Morgan fingerprint density at radius 3 is 2.46 bits per heavy atom. The first kappa shape index (κ1) is 19.3. The van der Waals surface area contributed by atoms with Crippen LogP contribution in [0.15, 0.2) is 12.1 Å². The molecule has 1 aromatic carbocycles. The fraction of sp³-hybridized carbons (Fsp3) is 0.381. The van der Waals surface area contributed by atoms with Crippen molar-refractivity contribution in [3.8, 4) is 34.9 Å². The highest BCUT2D eigenvalue weighted by molar-refractivity contribution is 5.78. The first-order chi connectivity index (χ1) is 13.5. The molecule has 2 heterocycles. The molecule has 0 radical (unpaired) electrons. The molecule has 144 valence electrons. The van der Waals surface area contributed by atoms with E-state index in [1.54, 1.807) is 14.2 Å². The summed E-state index contributed by atoms with van der Waals surface area (Å²) in [5, 5.41) is 19.6. The highest BCUT2D eigenvalue weighted by atomic mass is 16.5. The van der Waals surface area contributed by atoms with Crippen molar-refractivity contribution in [1.29, 1.82) is 10.5 Å². The van der Waals surface area contributed by atoms with E-state index in [0.717, 1.165) is 22.4 Å². The Bertz CT molecular complexity index is 1020. The van der Waals surface area contributed by atoms with E-state index in [0.29, 0.717) is 35.6 Å². The zero-order valence-electron chi connectivity index (χ0n) is 16.3. The summed E-state index contributed by atoms with van der Waals surface area (Å²) in [4.78, 5) is 11.7. The van der Waals surface area contributed by atoms with Crippen LogP contribution in [0.3, 0.4) is 0 Å². The highest BCUT2D eigenvalue weighted by Gasteiger charge is 2.33. The average molecular weight is 379 g/mol. The van der Waals surface area contributed by atoms with Crippen molar-refractivity contribution in [2.24, 2.45) is 0 Å². The standard InChI is InChI=1S/C21H21N3O4/c1-12-16(11-23)21-15-9-19(27-3)18(26-2)8-13(15)7-14(10-22)24(21)17(12)5-6-20(25)28-4/h8-9,14H,5-7H2,1-4H3. The second-order valence-electron chi connectivity index (χ2n) is 6.57. The number of carbonyl (C=O) groups excluding carboxylic acids is 1. The lowest BCUT2D eigenvalue weighted by Crippen LogP contribution is -2.20. The number of fused-ring (bicyclic) bond motifs is 3. The molecule has 1 aromatic heterocycles. The van der Waals surface area contributed by atoms with Crippen LogP contribution in [0.25, 0.3) is 11.3 Å². The molecular formula is C21H21N3O4. The number of carbonyl (C=O) groups is 1. The molecule has 1 atom stereocenters. The molecule has 0 fully saturated rings. The van der Waals surface area contributed by atoms with Gasteiger partial charge >= 0.3 is 5.97 Å². The number of nitrogens with zero attached hydrogens (tertiary/aromatic N) is 3. The Morgan fingerprint density at radius 1 is 1.21 bits per heavy atom. The smallest absolute Gasteiger partial charge is 0.305 e. The largest absolute Gasteiger partial charge is 0.493 e. The third-order valence-electron chi connectivity index (χ3n) is 5.22. The van der Waals surface area contributed by atoms with Gasteiger partial charge in [0.2, 0.25) is 0 Å². The van der Waals surface area contributed by atoms with Gasteiger partial charge in [0.15, 0.2) is 11.5 Å². The second kappa shape index (κ2) is 7.66. The third kappa shape index (κ3) is 2.95. The SMILES string of the molecule is COC(=O)CCc1c(C)c(C#N)c2n1C(C#N)Cc1cc(OC)c(OC)cc1-2. The zero-order chi connectivity index (χ0) is 20.4. The van der Waals surface area contributed by atoms with Crippen LogP contribution in [0.1, 0.15) is 34.8 Å². The zero-order valence-corrected chi connectivity index (χ0v) is 16.3. The van der Waals surface area contributed by atoms with Crippen molar-refractivity contribution < 1.29 is 19.0 Å². The lowest BCUT2D eigenvalue weighted by molar-refractivity contribution is -0.140. The van der Waals surface area contributed by atoms with Crippen LogP contribution < -0.4 is 9.47 Å². The van der Waals surface area contributed by atoms with E-state index in [9.17, 15) is 15.3 Å². The fourth-order valence-electron chi connectivity index (χ4n) is 3.85. The number of hydrogen-bond acceptors (Lipinski definition) is 6. The first-order valence-electron chi connectivity index (χ1n) is 8.86. The highest BCUT2D eigenvalue weighted by Crippen LogP contribution is 2.45. The summed E-state index contributed by atoms with van der Waals surface area (Å²) in [5.74, 6) is 0.811. The van der Waals surface area contributed by atoms with Crippen LogP contribution in [0.4, 0.5) is 0 Å². The van der Waals surface area contributed by atoms with Gasteiger partial charge in [-0.1, -0.05) is 0 Å². The molecule has 0 aliphatic carbocycles. The van der Waals surface area contributed by atoms with Crippen LogP contribution >= 0.6 is 0 Å². The van der Waals surface area contributed by atoms with Gasteiger partial charge in [-0.05, 0) is 36.6 Å². The molecule has 0 amide bonds. The summed E-state index contributed by atoms with van der Waals surface area (Å²) >= 11 is 0. The molecule has 1 aliphatic heterocycles. The Morgan fingerprint density at radius 2 is 1.89 bits per heavy atom. The Balaban J connectivity index is 2.26. The van der Waals surface area contributed by atoms with Crippen LogP contribution in [0, 0.1) is 29.6 Å². The number of esters is 1. The Labute approximate surface area is 163 Å². The summed E-state index contributed by atoms with van der Waals surface area (Å²) < 4.78 is 17.5. The Hall–Kier alpha value is -3.45. The molecule has 7 nitrogen and oxygen atoms in total. The number of aromatic nitrogens is 1. The van der Waals surface area contributed by atoms with Crippen molar-refractivity contribution in [2.45, 2.75) is 32.2 Å². The molecule has 3 rings (SSSR count). The van der Waals surface area contributed by atoms with E-state index in [1.165, 1.54) is 7.11 Å². The van der Waals surface area contributed by atoms with Gasteiger partial charge in [0.1, 0.15) is 12.1 Å². The molecule has 2 aromatic rings. The van der Waals surface area contributed by atoms with Crippen molar-refractivity contribution in [2.75, 3.05) is 21.3 Å². The number of nitriles is 2. The summed E-state index contributed by atoms with van der Waals surface area (Å²) in [7, 11) is 4.47. The summed E-state index contributed by atoms with van der Waals surface area (Å²) in [6.07, 6.45) is 1.06. The first-order valence-corrected chi connectivity index (χ1v) is 8.86.